The number of hydrogen-bond acceptors (Lipinski definition) is 7. The number of sulfonamides is 1. The smallest absolute Gasteiger partial charge is 0.305 e. The lowest BCUT2D eigenvalue weighted by Gasteiger charge is -2.34. The van der Waals surface area contributed by atoms with E-state index in [1.54, 1.807) is 18.2 Å². The van der Waals surface area contributed by atoms with Crippen LogP contribution >= 0.6 is 0 Å². The molecule has 1 saturated heterocycles. The van der Waals surface area contributed by atoms with Crippen molar-refractivity contribution in [3.63, 3.8) is 0 Å². The van der Waals surface area contributed by atoms with Crippen molar-refractivity contribution in [2.75, 3.05) is 31.1 Å². The second-order valence-electron chi connectivity index (χ2n) is 6.69. The summed E-state index contributed by atoms with van der Waals surface area (Å²) in [7, 11) is -3.59. The van der Waals surface area contributed by atoms with E-state index in [4.69, 9.17) is 5.26 Å². The second-order valence-corrected chi connectivity index (χ2v) is 8.63. The number of benzene rings is 1. The SMILES string of the molecule is CCCc1ccc(S(=O)(=O)N2CCN(c3ccc([N+](=O)[O-])c(C#N)n3)CC2)cc1. The Morgan fingerprint density at radius 1 is 1.14 bits per heavy atom. The molecule has 10 heteroatoms. The highest BCUT2D eigenvalue weighted by atomic mass is 32.2. The number of rotatable bonds is 6. The molecule has 0 atom stereocenters. The van der Waals surface area contributed by atoms with E-state index in [0.29, 0.717) is 18.9 Å². The highest BCUT2D eigenvalue weighted by Gasteiger charge is 2.29. The van der Waals surface area contributed by atoms with E-state index in [9.17, 15) is 18.5 Å². The van der Waals surface area contributed by atoms with Gasteiger partial charge in [0.2, 0.25) is 15.7 Å². The Balaban J connectivity index is 1.71. The monoisotopic (exact) mass is 415 g/mol. The number of piperazine rings is 1. The number of nitrogens with zero attached hydrogens (tertiary/aromatic N) is 5. The predicted molar refractivity (Wildman–Crippen MR) is 107 cm³/mol. The van der Waals surface area contributed by atoms with Crippen LogP contribution in [0.4, 0.5) is 11.5 Å². The molecule has 3 rings (SSSR count). The van der Waals surface area contributed by atoms with Crippen molar-refractivity contribution in [3.8, 4) is 6.07 Å². The molecule has 0 bridgehead atoms. The highest BCUT2D eigenvalue weighted by molar-refractivity contribution is 7.89. The fraction of sp³-hybridized carbons (Fsp3) is 0.368. The fourth-order valence-electron chi connectivity index (χ4n) is 3.27. The van der Waals surface area contributed by atoms with Gasteiger partial charge in [-0.15, -0.1) is 0 Å². The lowest BCUT2D eigenvalue weighted by Crippen LogP contribution is -2.48. The van der Waals surface area contributed by atoms with Crippen LogP contribution < -0.4 is 4.90 Å². The van der Waals surface area contributed by atoms with Crippen molar-refractivity contribution in [2.24, 2.45) is 0 Å². The Bertz CT molecular complexity index is 1040. The van der Waals surface area contributed by atoms with Crippen molar-refractivity contribution in [2.45, 2.75) is 24.7 Å². The second kappa shape index (κ2) is 8.55. The van der Waals surface area contributed by atoms with Gasteiger partial charge in [0.05, 0.1) is 9.82 Å². The van der Waals surface area contributed by atoms with Gasteiger partial charge >= 0.3 is 5.69 Å². The molecule has 0 N–H and O–H groups in total. The first-order chi connectivity index (χ1) is 13.9. The Morgan fingerprint density at radius 3 is 2.34 bits per heavy atom. The first-order valence-corrected chi connectivity index (χ1v) is 10.7. The molecule has 1 aliphatic heterocycles. The van der Waals surface area contributed by atoms with E-state index >= 15 is 0 Å². The number of aromatic nitrogens is 1. The van der Waals surface area contributed by atoms with Gasteiger partial charge in [0.25, 0.3) is 0 Å². The lowest BCUT2D eigenvalue weighted by molar-refractivity contribution is -0.385. The van der Waals surface area contributed by atoms with Gasteiger partial charge in [0.15, 0.2) is 0 Å². The molecule has 1 aromatic carbocycles. The van der Waals surface area contributed by atoms with E-state index in [2.05, 4.69) is 11.9 Å². The summed E-state index contributed by atoms with van der Waals surface area (Å²) in [6, 6.07) is 11.4. The van der Waals surface area contributed by atoms with Crippen molar-refractivity contribution >= 4 is 21.5 Å². The first kappa shape index (κ1) is 20.7. The van der Waals surface area contributed by atoms with Gasteiger partial charge in [-0.1, -0.05) is 25.5 Å². The first-order valence-electron chi connectivity index (χ1n) is 9.26. The molecule has 0 unspecified atom stereocenters. The van der Waals surface area contributed by atoms with Crippen LogP contribution in [0.1, 0.15) is 24.6 Å². The molecule has 0 aliphatic carbocycles. The molecule has 152 valence electrons. The number of nitriles is 1. The maximum absolute atomic E-state index is 12.9. The summed E-state index contributed by atoms with van der Waals surface area (Å²) in [6.07, 6.45) is 1.91. The Morgan fingerprint density at radius 2 is 1.79 bits per heavy atom. The molecule has 0 spiro atoms. The Hall–Kier alpha value is -3.03. The quantitative estimate of drug-likeness (QED) is 0.524. The van der Waals surface area contributed by atoms with Crippen LogP contribution in [0, 0.1) is 21.4 Å². The van der Waals surface area contributed by atoms with Gasteiger partial charge < -0.3 is 4.90 Å². The fourth-order valence-corrected chi connectivity index (χ4v) is 4.69. The van der Waals surface area contributed by atoms with E-state index in [0.717, 1.165) is 18.4 Å². The molecule has 0 amide bonds. The topological polar surface area (TPSA) is 120 Å². The van der Waals surface area contributed by atoms with Gasteiger partial charge in [-0.25, -0.2) is 13.4 Å². The van der Waals surface area contributed by atoms with Crippen LogP contribution in [0.5, 0.6) is 0 Å². The number of anilines is 1. The summed E-state index contributed by atoms with van der Waals surface area (Å²) in [5, 5.41) is 20.0. The largest absolute Gasteiger partial charge is 0.354 e. The summed E-state index contributed by atoms with van der Waals surface area (Å²) in [5.74, 6) is 0.424. The Labute approximate surface area is 169 Å². The minimum absolute atomic E-state index is 0.255. The Kier molecular flexibility index (Phi) is 6.10. The molecule has 1 aromatic heterocycles. The standard InChI is InChI=1S/C19H21N5O4S/c1-2-3-15-4-6-16(7-5-15)29(27,28)23-12-10-22(11-13-23)19-9-8-18(24(25)26)17(14-20)21-19/h4-9H,2-3,10-13H2,1H3. The van der Waals surface area contributed by atoms with Gasteiger partial charge in [-0.3, -0.25) is 10.1 Å². The molecular formula is C19H21N5O4S. The molecule has 0 saturated carbocycles. The van der Waals surface area contributed by atoms with Crippen LogP contribution in [-0.2, 0) is 16.4 Å². The van der Waals surface area contributed by atoms with Crippen molar-refractivity contribution in [1.82, 2.24) is 9.29 Å². The average Bonchev–Trinajstić information content (AvgIpc) is 2.74. The van der Waals surface area contributed by atoms with Gasteiger partial charge in [-0.2, -0.15) is 9.57 Å². The maximum atomic E-state index is 12.9. The molecular weight excluding hydrogens is 394 g/mol. The highest BCUT2D eigenvalue weighted by Crippen LogP contribution is 2.24. The maximum Gasteiger partial charge on any atom is 0.305 e. The zero-order chi connectivity index (χ0) is 21.0. The summed E-state index contributed by atoms with van der Waals surface area (Å²) in [6.45, 7) is 3.36. The summed E-state index contributed by atoms with van der Waals surface area (Å²) in [4.78, 5) is 16.4. The normalized spacial score (nSPS) is 15.1. The zero-order valence-corrected chi connectivity index (χ0v) is 16.8. The minimum atomic E-state index is -3.59. The third-order valence-corrected chi connectivity index (χ3v) is 6.74. The molecule has 29 heavy (non-hydrogen) atoms. The summed E-state index contributed by atoms with van der Waals surface area (Å²) < 4.78 is 27.2. The van der Waals surface area contributed by atoms with Gasteiger partial charge in [0, 0.05) is 32.2 Å². The number of aryl methyl sites for hydroxylation is 1. The van der Waals surface area contributed by atoms with Crippen LogP contribution in [0.25, 0.3) is 0 Å². The van der Waals surface area contributed by atoms with E-state index in [1.807, 2.05) is 17.0 Å². The number of pyridine rings is 1. The molecule has 0 radical (unpaired) electrons. The molecule has 1 fully saturated rings. The zero-order valence-electron chi connectivity index (χ0n) is 16.0. The average molecular weight is 415 g/mol. The lowest BCUT2D eigenvalue weighted by atomic mass is 10.1. The van der Waals surface area contributed by atoms with Crippen molar-refractivity contribution in [1.29, 1.82) is 5.26 Å². The molecule has 2 heterocycles. The van der Waals surface area contributed by atoms with E-state index < -0.39 is 14.9 Å². The molecule has 9 nitrogen and oxygen atoms in total. The number of hydrogen-bond donors (Lipinski definition) is 0. The predicted octanol–water partition coefficient (Wildman–Crippen LogP) is 2.32. The van der Waals surface area contributed by atoms with Gasteiger partial charge in [0.1, 0.15) is 11.9 Å². The van der Waals surface area contributed by atoms with E-state index in [-0.39, 0.29) is 29.4 Å². The minimum Gasteiger partial charge on any atom is -0.354 e. The van der Waals surface area contributed by atoms with Crippen LogP contribution in [0.3, 0.4) is 0 Å². The third-order valence-electron chi connectivity index (χ3n) is 4.82. The molecule has 1 aliphatic rings. The van der Waals surface area contributed by atoms with Crippen LogP contribution in [-0.4, -0.2) is 48.8 Å². The summed E-state index contributed by atoms with van der Waals surface area (Å²) in [5.41, 5.74) is 0.507. The third kappa shape index (κ3) is 4.36. The van der Waals surface area contributed by atoms with Crippen LogP contribution in [0.15, 0.2) is 41.3 Å². The van der Waals surface area contributed by atoms with Crippen molar-refractivity contribution < 1.29 is 13.3 Å². The molecule has 2 aromatic rings. The van der Waals surface area contributed by atoms with Crippen molar-refractivity contribution in [3.05, 3.63) is 57.8 Å². The number of nitro groups is 1. The van der Waals surface area contributed by atoms with E-state index in [1.165, 1.54) is 16.4 Å². The summed E-state index contributed by atoms with van der Waals surface area (Å²) >= 11 is 0. The van der Waals surface area contributed by atoms with Gasteiger partial charge in [-0.05, 0) is 30.2 Å². The van der Waals surface area contributed by atoms with Crippen LogP contribution in [0.2, 0.25) is 0 Å².